The van der Waals surface area contributed by atoms with Crippen LogP contribution in [0.5, 0.6) is 5.75 Å². The van der Waals surface area contributed by atoms with Gasteiger partial charge in [0.25, 0.3) is 0 Å². The van der Waals surface area contributed by atoms with Gasteiger partial charge < -0.3 is 19.9 Å². The van der Waals surface area contributed by atoms with Gasteiger partial charge in [-0.2, -0.15) is 0 Å². The molecule has 3 rings (SSSR count). The third-order valence-electron chi connectivity index (χ3n) is 6.66. The first-order chi connectivity index (χ1) is 17.2. The number of carbonyl (C=O) groups is 2. The number of nitrogens with one attached hydrogen (secondary N) is 1. The van der Waals surface area contributed by atoms with Crippen molar-refractivity contribution in [2.24, 2.45) is 5.92 Å². The standard InChI is InChI=1S/C29H42N4O3/c1-22(2)19-27(31(3)4)28(34)30-26(29(35)33-17-15-32(5)16-18-33)20-23-11-13-25(14-12-23)36-21-24-9-7-6-8-10-24/h6-14,22,26-27H,15-21H2,1-5H3,(H,30,34)/t26-,27-/m0/s1. The number of carbonyl (C=O) groups excluding carboxylic acids is 2. The Kier molecular flexibility index (Phi) is 10.3. The van der Waals surface area contributed by atoms with Crippen molar-refractivity contribution in [1.29, 1.82) is 0 Å². The molecule has 0 radical (unpaired) electrons. The fraction of sp³-hybridized carbons (Fsp3) is 0.517. The molecule has 7 nitrogen and oxygen atoms in total. The van der Waals surface area contributed by atoms with Gasteiger partial charge in [0.05, 0.1) is 6.04 Å². The maximum Gasteiger partial charge on any atom is 0.245 e. The maximum absolute atomic E-state index is 13.5. The Morgan fingerprint density at radius 2 is 1.58 bits per heavy atom. The molecular weight excluding hydrogens is 452 g/mol. The molecule has 0 aromatic heterocycles. The molecule has 7 heteroatoms. The number of hydrogen-bond acceptors (Lipinski definition) is 5. The molecule has 1 saturated heterocycles. The topological polar surface area (TPSA) is 65.1 Å². The number of amides is 2. The molecule has 2 atom stereocenters. The van der Waals surface area contributed by atoms with Crippen molar-refractivity contribution in [3.05, 3.63) is 65.7 Å². The summed E-state index contributed by atoms with van der Waals surface area (Å²) in [5, 5.41) is 3.11. The fourth-order valence-corrected chi connectivity index (χ4v) is 4.41. The molecule has 1 N–H and O–H groups in total. The summed E-state index contributed by atoms with van der Waals surface area (Å²) in [6.45, 7) is 7.76. The Morgan fingerprint density at radius 3 is 2.17 bits per heavy atom. The van der Waals surface area contributed by atoms with E-state index >= 15 is 0 Å². The molecule has 0 saturated carbocycles. The van der Waals surface area contributed by atoms with Gasteiger partial charge >= 0.3 is 0 Å². The molecule has 2 aromatic carbocycles. The smallest absolute Gasteiger partial charge is 0.245 e. The summed E-state index contributed by atoms with van der Waals surface area (Å²) in [6.07, 6.45) is 1.18. The second-order valence-corrected chi connectivity index (χ2v) is 10.4. The van der Waals surface area contributed by atoms with Gasteiger partial charge in [-0.25, -0.2) is 0 Å². The third-order valence-corrected chi connectivity index (χ3v) is 6.66. The van der Waals surface area contributed by atoms with Gasteiger partial charge in [0, 0.05) is 32.6 Å². The van der Waals surface area contributed by atoms with E-state index in [4.69, 9.17) is 4.74 Å². The van der Waals surface area contributed by atoms with Gasteiger partial charge in [0.1, 0.15) is 18.4 Å². The Balaban J connectivity index is 1.70. The number of piperazine rings is 1. The van der Waals surface area contributed by atoms with E-state index in [1.807, 2.05) is 78.5 Å². The fourth-order valence-electron chi connectivity index (χ4n) is 4.41. The van der Waals surface area contributed by atoms with Crippen molar-refractivity contribution in [2.45, 2.75) is 45.4 Å². The molecule has 1 fully saturated rings. The molecule has 2 amide bonds. The number of hydrogen-bond donors (Lipinski definition) is 1. The minimum atomic E-state index is -0.605. The van der Waals surface area contributed by atoms with Gasteiger partial charge in [-0.1, -0.05) is 56.3 Å². The minimum Gasteiger partial charge on any atom is -0.489 e. The van der Waals surface area contributed by atoms with E-state index in [0.29, 0.717) is 32.0 Å². The van der Waals surface area contributed by atoms with Crippen LogP contribution in [-0.2, 0) is 22.6 Å². The summed E-state index contributed by atoms with van der Waals surface area (Å²) < 4.78 is 5.91. The third kappa shape index (κ3) is 8.35. The Labute approximate surface area is 216 Å². The van der Waals surface area contributed by atoms with Crippen molar-refractivity contribution in [3.8, 4) is 5.75 Å². The van der Waals surface area contributed by atoms with E-state index in [0.717, 1.165) is 36.4 Å². The van der Waals surface area contributed by atoms with E-state index in [2.05, 4.69) is 31.1 Å². The van der Waals surface area contributed by atoms with E-state index in [1.54, 1.807) is 0 Å². The average Bonchev–Trinajstić information content (AvgIpc) is 2.86. The highest BCUT2D eigenvalue weighted by Gasteiger charge is 2.31. The minimum absolute atomic E-state index is 0.0112. The second-order valence-electron chi connectivity index (χ2n) is 10.4. The highest BCUT2D eigenvalue weighted by molar-refractivity contribution is 5.90. The van der Waals surface area contributed by atoms with Gasteiger partial charge in [-0.15, -0.1) is 0 Å². The Morgan fingerprint density at radius 1 is 0.944 bits per heavy atom. The second kappa shape index (κ2) is 13.4. The van der Waals surface area contributed by atoms with Crippen LogP contribution in [0.25, 0.3) is 0 Å². The highest BCUT2D eigenvalue weighted by atomic mass is 16.5. The molecule has 196 valence electrons. The summed E-state index contributed by atoms with van der Waals surface area (Å²) in [5.41, 5.74) is 2.10. The zero-order valence-electron chi connectivity index (χ0n) is 22.4. The van der Waals surface area contributed by atoms with E-state index < -0.39 is 6.04 Å². The number of ether oxygens (including phenoxy) is 1. The van der Waals surface area contributed by atoms with Crippen molar-refractivity contribution < 1.29 is 14.3 Å². The van der Waals surface area contributed by atoms with Crippen LogP contribution >= 0.6 is 0 Å². The summed E-state index contributed by atoms with van der Waals surface area (Å²) in [5.74, 6) is 1.04. The first-order valence-electron chi connectivity index (χ1n) is 12.9. The SMILES string of the molecule is CC(C)C[C@@H](C(=O)N[C@@H](Cc1ccc(OCc2ccccc2)cc1)C(=O)N1CCN(C)CC1)N(C)C. The molecule has 0 aliphatic carbocycles. The largest absolute Gasteiger partial charge is 0.489 e. The molecular formula is C29H42N4O3. The molecule has 1 aliphatic rings. The molecule has 36 heavy (non-hydrogen) atoms. The van der Waals surface area contributed by atoms with Crippen LogP contribution in [0.4, 0.5) is 0 Å². The van der Waals surface area contributed by atoms with Crippen LogP contribution in [0.1, 0.15) is 31.4 Å². The quantitative estimate of drug-likeness (QED) is 0.520. The number of benzene rings is 2. The van der Waals surface area contributed by atoms with Crippen molar-refractivity contribution in [1.82, 2.24) is 20.0 Å². The van der Waals surface area contributed by atoms with Crippen LogP contribution in [-0.4, -0.2) is 85.9 Å². The average molecular weight is 495 g/mol. The molecule has 1 heterocycles. The zero-order valence-corrected chi connectivity index (χ0v) is 22.4. The lowest BCUT2D eigenvalue weighted by molar-refractivity contribution is -0.139. The predicted octanol–water partition coefficient (Wildman–Crippen LogP) is 3.04. The number of rotatable bonds is 11. The van der Waals surface area contributed by atoms with Gasteiger partial charge in [-0.3, -0.25) is 14.5 Å². The van der Waals surface area contributed by atoms with Crippen LogP contribution in [0, 0.1) is 5.92 Å². The summed E-state index contributed by atoms with van der Waals surface area (Å²) in [6, 6.07) is 17.0. The lowest BCUT2D eigenvalue weighted by atomic mass is 10.00. The predicted molar refractivity (Wildman–Crippen MR) is 144 cm³/mol. The van der Waals surface area contributed by atoms with Crippen LogP contribution < -0.4 is 10.1 Å². The molecule has 0 unspecified atom stereocenters. The summed E-state index contributed by atoms with van der Waals surface area (Å²) in [4.78, 5) is 32.9. The maximum atomic E-state index is 13.5. The van der Waals surface area contributed by atoms with E-state index in [9.17, 15) is 9.59 Å². The first kappa shape index (κ1) is 27.7. The molecule has 0 bridgehead atoms. The monoisotopic (exact) mass is 494 g/mol. The zero-order chi connectivity index (χ0) is 26.1. The highest BCUT2D eigenvalue weighted by Crippen LogP contribution is 2.17. The molecule has 2 aromatic rings. The molecule has 0 spiro atoms. The van der Waals surface area contributed by atoms with Crippen molar-refractivity contribution in [2.75, 3.05) is 47.3 Å². The van der Waals surface area contributed by atoms with Gasteiger partial charge in [-0.05, 0) is 56.7 Å². The van der Waals surface area contributed by atoms with Crippen LogP contribution in [0.3, 0.4) is 0 Å². The lowest BCUT2D eigenvalue weighted by Crippen LogP contribution is -2.57. The molecule has 1 aliphatic heterocycles. The normalized spacial score (nSPS) is 16.1. The van der Waals surface area contributed by atoms with Crippen LogP contribution in [0.15, 0.2) is 54.6 Å². The Bertz CT molecular complexity index is 954. The summed E-state index contributed by atoms with van der Waals surface area (Å²) in [7, 11) is 5.90. The van der Waals surface area contributed by atoms with E-state index in [1.165, 1.54) is 0 Å². The number of likely N-dealkylation sites (N-methyl/N-ethyl adjacent to an activating group) is 2. The lowest BCUT2D eigenvalue weighted by Gasteiger charge is -2.35. The first-order valence-corrected chi connectivity index (χ1v) is 12.9. The van der Waals surface area contributed by atoms with Crippen LogP contribution in [0.2, 0.25) is 0 Å². The van der Waals surface area contributed by atoms with Crippen molar-refractivity contribution in [3.63, 3.8) is 0 Å². The van der Waals surface area contributed by atoms with Crippen molar-refractivity contribution >= 4 is 11.8 Å². The van der Waals surface area contributed by atoms with Gasteiger partial charge in [0.15, 0.2) is 0 Å². The van der Waals surface area contributed by atoms with Gasteiger partial charge in [0.2, 0.25) is 11.8 Å². The summed E-state index contributed by atoms with van der Waals surface area (Å²) >= 11 is 0. The Hall–Kier alpha value is -2.90. The number of nitrogens with zero attached hydrogens (tertiary/aromatic N) is 3. The van der Waals surface area contributed by atoms with E-state index in [-0.39, 0.29) is 17.9 Å².